The highest BCUT2D eigenvalue weighted by Gasteiger charge is 2.36. The van der Waals surface area contributed by atoms with Crippen molar-refractivity contribution in [1.82, 2.24) is 20.1 Å². The first-order valence-electron chi connectivity index (χ1n) is 17.2. The lowest BCUT2D eigenvalue weighted by Crippen LogP contribution is -2.52. The van der Waals surface area contributed by atoms with Crippen molar-refractivity contribution < 1.29 is 19.0 Å². The molecule has 2 aromatic rings. The fourth-order valence-corrected chi connectivity index (χ4v) is 7.56. The summed E-state index contributed by atoms with van der Waals surface area (Å²) in [5.41, 5.74) is 4.71. The van der Waals surface area contributed by atoms with E-state index in [1.807, 2.05) is 32.9 Å². The van der Waals surface area contributed by atoms with Gasteiger partial charge in [0.25, 0.3) is 11.5 Å². The average Bonchev–Trinajstić information content (AvgIpc) is 3.03. The van der Waals surface area contributed by atoms with E-state index >= 15 is 0 Å². The average molecular weight is 638 g/mol. The van der Waals surface area contributed by atoms with E-state index in [-0.39, 0.29) is 24.1 Å². The van der Waals surface area contributed by atoms with Crippen molar-refractivity contribution in [2.24, 2.45) is 0 Å². The van der Waals surface area contributed by atoms with E-state index < -0.39 is 0 Å². The summed E-state index contributed by atoms with van der Waals surface area (Å²) in [4.78, 5) is 36.8. The number of aromatic nitrogens is 1. The number of likely N-dealkylation sites (N-methyl/N-ethyl adjacent to an activating group) is 1. The monoisotopic (exact) mass is 637 g/mol. The minimum atomic E-state index is -0.192. The van der Waals surface area contributed by atoms with Crippen LogP contribution < -0.4 is 20.5 Å². The first-order chi connectivity index (χ1) is 22.2. The summed E-state index contributed by atoms with van der Waals surface area (Å²) in [6.07, 6.45) is 6.57. The van der Waals surface area contributed by atoms with Crippen LogP contribution in [0, 0.1) is 20.8 Å². The molecule has 1 aromatic heterocycles. The van der Waals surface area contributed by atoms with E-state index in [0.29, 0.717) is 29.3 Å². The number of anilines is 1. The second kappa shape index (κ2) is 15.8. The zero-order valence-corrected chi connectivity index (χ0v) is 28.8. The number of nitrogens with zero attached hydrogens (tertiary/aromatic N) is 3. The van der Waals surface area contributed by atoms with Gasteiger partial charge in [-0.05, 0) is 83.7 Å². The number of aryl methyl sites for hydroxylation is 2. The van der Waals surface area contributed by atoms with Crippen LogP contribution in [0.4, 0.5) is 5.69 Å². The van der Waals surface area contributed by atoms with Gasteiger partial charge in [-0.25, -0.2) is 0 Å². The van der Waals surface area contributed by atoms with Crippen molar-refractivity contribution in [2.75, 3.05) is 65.1 Å². The van der Waals surface area contributed by atoms with Crippen molar-refractivity contribution in [3.05, 3.63) is 56.5 Å². The van der Waals surface area contributed by atoms with Crippen molar-refractivity contribution in [3.8, 4) is 5.75 Å². The van der Waals surface area contributed by atoms with E-state index in [4.69, 9.17) is 14.2 Å². The van der Waals surface area contributed by atoms with Gasteiger partial charge in [0.2, 0.25) is 0 Å². The summed E-state index contributed by atoms with van der Waals surface area (Å²) in [6, 6.07) is 7.48. The number of H-pyrrole nitrogens is 1. The molecule has 2 saturated carbocycles. The van der Waals surface area contributed by atoms with Crippen LogP contribution in [-0.2, 0) is 16.0 Å². The fraction of sp³-hybridized carbons (Fsp3) is 0.667. The number of pyridine rings is 1. The maximum atomic E-state index is 13.8. The number of nitrogens with one attached hydrogen (secondary N) is 2. The summed E-state index contributed by atoms with van der Waals surface area (Å²) in [7, 11) is 3.96. The summed E-state index contributed by atoms with van der Waals surface area (Å²) < 4.78 is 17.5. The Balaban J connectivity index is 1.35. The highest BCUT2D eigenvalue weighted by atomic mass is 16.5. The van der Waals surface area contributed by atoms with Gasteiger partial charge in [-0.15, -0.1) is 0 Å². The smallest absolute Gasteiger partial charge is 0.253 e. The lowest BCUT2D eigenvalue weighted by atomic mass is 9.87. The second-order valence-corrected chi connectivity index (χ2v) is 13.5. The van der Waals surface area contributed by atoms with Crippen LogP contribution >= 0.6 is 0 Å². The molecule has 0 unspecified atom stereocenters. The van der Waals surface area contributed by atoms with Gasteiger partial charge in [0.05, 0.1) is 19.8 Å². The lowest BCUT2D eigenvalue weighted by Gasteiger charge is -2.44. The van der Waals surface area contributed by atoms with Crippen LogP contribution in [0.15, 0.2) is 23.0 Å². The zero-order valence-electron chi connectivity index (χ0n) is 28.8. The summed E-state index contributed by atoms with van der Waals surface area (Å²) in [6.45, 7) is 14.3. The highest BCUT2D eigenvalue weighted by molar-refractivity contribution is 5.97. The molecule has 1 saturated heterocycles. The van der Waals surface area contributed by atoms with Crippen LogP contribution in [0.25, 0.3) is 0 Å². The Labute approximate surface area is 274 Å². The fourth-order valence-electron chi connectivity index (χ4n) is 7.56. The Kier molecular flexibility index (Phi) is 11.8. The van der Waals surface area contributed by atoms with Gasteiger partial charge in [-0.3, -0.25) is 14.5 Å². The third-order valence-corrected chi connectivity index (χ3v) is 10.5. The molecule has 0 atom stereocenters. The number of carbonyl (C=O) groups is 1. The Morgan fingerprint density at radius 3 is 2.41 bits per heavy atom. The molecule has 2 heterocycles. The molecule has 5 rings (SSSR count). The van der Waals surface area contributed by atoms with Gasteiger partial charge in [-0.1, -0.05) is 0 Å². The molecule has 3 aliphatic rings. The first-order valence-corrected chi connectivity index (χ1v) is 17.2. The molecule has 1 aromatic carbocycles. The third-order valence-electron chi connectivity index (χ3n) is 10.5. The molecule has 0 radical (unpaired) electrons. The first kappa shape index (κ1) is 34.4. The summed E-state index contributed by atoms with van der Waals surface area (Å²) >= 11 is 0. The van der Waals surface area contributed by atoms with Gasteiger partial charge in [0.15, 0.2) is 0 Å². The molecule has 2 aliphatic carbocycles. The highest BCUT2D eigenvalue weighted by Crippen LogP contribution is 2.37. The third kappa shape index (κ3) is 8.13. The van der Waals surface area contributed by atoms with Crippen molar-refractivity contribution >= 4 is 11.6 Å². The SMILES string of the molecule is CCN(c1cc(OC2CC(N3CCOCC3)C2)cc(C(=O)NCc2c(C)cc(C)[nH]c2=O)c1C)[C@H]1CC[C@H](N(C)CCOC)CC1. The maximum absolute atomic E-state index is 13.8. The van der Waals surface area contributed by atoms with Crippen LogP contribution in [0.2, 0.25) is 0 Å². The van der Waals surface area contributed by atoms with Crippen LogP contribution in [0.3, 0.4) is 0 Å². The topological polar surface area (TPSA) is 99.4 Å². The molecule has 2 N–H and O–H groups in total. The molecule has 3 fully saturated rings. The number of hydrogen-bond donors (Lipinski definition) is 2. The molecular weight excluding hydrogens is 582 g/mol. The van der Waals surface area contributed by atoms with E-state index in [9.17, 15) is 9.59 Å². The number of methoxy groups -OCH3 is 1. The molecule has 0 spiro atoms. The zero-order chi connectivity index (χ0) is 32.8. The number of hydrogen-bond acceptors (Lipinski definition) is 8. The minimum Gasteiger partial charge on any atom is -0.490 e. The van der Waals surface area contributed by atoms with E-state index in [1.165, 1.54) is 0 Å². The molecule has 1 amide bonds. The van der Waals surface area contributed by atoms with Gasteiger partial charge >= 0.3 is 0 Å². The molecule has 46 heavy (non-hydrogen) atoms. The molecule has 254 valence electrons. The molecule has 10 nitrogen and oxygen atoms in total. The van der Waals surface area contributed by atoms with E-state index in [2.05, 4.69) is 45.0 Å². The number of benzene rings is 1. The van der Waals surface area contributed by atoms with Crippen molar-refractivity contribution in [2.45, 2.75) is 97.0 Å². The second-order valence-electron chi connectivity index (χ2n) is 13.5. The number of rotatable bonds is 13. The van der Waals surface area contributed by atoms with Gasteiger partial charge in [0, 0.05) is 99.4 Å². The Bertz CT molecular complexity index is 1380. The molecular formula is C36H55N5O5. The number of amides is 1. The van der Waals surface area contributed by atoms with Gasteiger partial charge in [0.1, 0.15) is 11.9 Å². The lowest BCUT2D eigenvalue weighted by molar-refractivity contribution is -0.0373. The maximum Gasteiger partial charge on any atom is 0.253 e. The van der Waals surface area contributed by atoms with Crippen LogP contribution in [0.1, 0.15) is 78.2 Å². The minimum absolute atomic E-state index is 0.126. The van der Waals surface area contributed by atoms with Gasteiger partial charge in [-0.2, -0.15) is 0 Å². The molecule has 10 heteroatoms. The number of morpholine rings is 1. The molecule has 0 bridgehead atoms. The van der Waals surface area contributed by atoms with Gasteiger partial charge < -0.3 is 34.3 Å². The quantitative estimate of drug-likeness (QED) is 0.338. The standard InChI is InChI=1S/C36H55N5O5/c1-7-41(28-10-8-27(9-11-28)39(5)12-15-44-6)34-22-31(46-30-19-29(20-30)40-13-16-45-17-14-40)21-32(26(34)4)35(42)37-23-33-24(2)18-25(3)38-36(33)43/h18,21-22,27-30H,7-17,19-20,23H2,1-6H3,(H,37,42)(H,38,43)/t27-,28-,29?,30?. The normalized spacial score (nSPS) is 23.6. The Morgan fingerprint density at radius 2 is 1.76 bits per heavy atom. The van der Waals surface area contributed by atoms with Crippen molar-refractivity contribution in [3.63, 3.8) is 0 Å². The Morgan fingerprint density at radius 1 is 1.07 bits per heavy atom. The Hall–Kier alpha value is -2.92. The van der Waals surface area contributed by atoms with Crippen molar-refractivity contribution in [1.29, 1.82) is 0 Å². The predicted octanol–water partition coefficient (Wildman–Crippen LogP) is 4.19. The largest absolute Gasteiger partial charge is 0.490 e. The summed E-state index contributed by atoms with van der Waals surface area (Å²) in [5, 5.41) is 3.05. The van der Waals surface area contributed by atoms with E-state index in [0.717, 1.165) is 113 Å². The van der Waals surface area contributed by atoms with E-state index in [1.54, 1.807) is 7.11 Å². The molecule has 1 aliphatic heterocycles. The van der Waals surface area contributed by atoms with Crippen LogP contribution in [0.5, 0.6) is 5.75 Å². The number of ether oxygens (including phenoxy) is 3. The predicted molar refractivity (Wildman–Crippen MR) is 182 cm³/mol. The number of aromatic amines is 1. The summed E-state index contributed by atoms with van der Waals surface area (Å²) in [5.74, 6) is 0.551. The van der Waals surface area contributed by atoms with Crippen LogP contribution in [-0.4, -0.2) is 105 Å². The number of carbonyl (C=O) groups excluding carboxylic acids is 1.